The lowest BCUT2D eigenvalue weighted by Gasteiger charge is -2.24. The molecule has 0 aromatic heterocycles. The van der Waals surface area contributed by atoms with E-state index >= 15 is 0 Å². The number of hydrogen-bond acceptors (Lipinski definition) is 5. The van der Waals surface area contributed by atoms with E-state index in [1.165, 1.54) is 11.2 Å². The molecule has 0 aliphatic carbocycles. The van der Waals surface area contributed by atoms with Crippen LogP contribution in [0.2, 0.25) is 0 Å². The van der Waals surface area contributed by atoms with Gasteiger partial charge >= 0.3 is 5.97 Å². The zero-order valence-corrected chi connectivity index (χ0v) is 17.4. The lowest BCUT2D eigenvalue weighted by molar-refractivity contribution is -0.145. The Morgan fingerprint density at radius 3 is 2.43 bits per heavy atom. The fraction of sp³-hybridized carbons (Fsp3) is 0.261. The van der Waals surface area contributed by atoms with Crippen LogP contribution in [0.3, 0.4) is 0 Å². The summed E-state index contributed by atoms with van der Waals surface area (Å²) in [7, 11) is -3.79. The van der Waals surface area contributed by atoms with Crippen molar-refractivity contribution < 1.29 is 22.7 Å². The number of fused-ring (bicyclic) bond motifs is 1. The highest BCUT2D eigenvalue weighted by atomic mass is 32.2. The van der Waals surface area contributed by atoms with Crippen molar-refractivity contribution in [3.05, 3.63) is 72.8 Å². The fourth-order valence-corrected chi connectivity index (χ4v) is 5.47. The van der Waals surface area contributed by atoms with Gasteiger partial charge in [-0.3, -0.25) is 4.79 Å². The molecular formula is C23H23NO5S. The number of benzene rings is 3. The van der Waals surface area contributed by atoms with Crippen LogP contribution in [0.1, 0.15) is 13.3 Å². The third-order valence-corrected chi connectivity index (χ3v) is 7.09. The summed E-state index contributed by atoms with van der Waals surface area (Å²) < 4.78 is 39.5. The van der Waals surface area contributed by atoms with Gasteiger partial charge in [-0.1, -0.05) is 48.5 Å². The van der Waals surface area contributed by atoms with Crippen molar-refractivity contribution in [2.75, 3.05) is 13.2 Å². The van der Waals surface area contributed by atoms with E-state index in [0.29, 0.717) is 12.2 Å². The van der Waals surface area contributed by atoms with Gasteiger partial charge < -0.3 is 9.47 Å². The second-order valence-electron chi connectivity index (χ2n) is 7.33. The van der Waals surface area contributed by atoms with Crippen LogP contribution in [-0.2, 0) is 19.6 Å². The molecule has 0 radical (unpaired) electrons. The van der Waals surface area contributed by atoms with Gasteiger partial charge in [0.1, 0.15) is 18.5 Å². The molecule has 2 unspecified atom stereocenters. The van der Waals surface area contributed by atoms with Crippen LogP contribution in [-0.4, -0.2) is 44.0 Å². The van der Waals surface area contributed by atoms with E-state index in [-0.39, 0.29) is 18.0 Å². The SMILES string of the molecule is CC(=O)OC1CC(COc2ccccc2)N(S(=O)(=O)c2ccc3ccccc3c2)C1. The van der Waals surface area contributed by atoms with Crippen molar-refractivity contribution in [1.82, 2.24) is 4.31 Å². The van der Waals surface area contributed by atoms with Crippen LogP contribution >= 0.6 is 0 Å². The number of ether oxygens (including phenoxy) is 2. The smallest absolute Gasteiger partial charge is 0.302 e. The van der Waals surface area contributed by atoms with Gasteiger partial charge in [-0.2, -0.15) is 4.31 Å². The van der Waals surface area contributed by atoms with Crippen molar-refractivity contribution in [2.45, 2.75) is 30.4 Å². The second-order valence-corrected chi connectivity index (χ2v) is 9.22. The number of carbonyl (C=O) groups is 1. The first-order chi connectivity index (χ1) is 14.4. The first kappa shape index (κ1) is 20.4. The molecule has 6 nitrogen and oxygen atoms in total. The van der Waals surface area contributed by atoms with Gasteiger partial charge in [-0.25, -0.2) is 8.42 Å². The van der Waals surface area contributed by atoms with Gasteiger partial charge in [-0.15, -0.1) is 0 Å². The molecule has 156 valence electrons. The van der Waals surface area contributed by atoms with Crippen LogP contribution < -0.4 is 4.74 Å². The second kappa shape index (κ2) is 8.45. The first-order valence-electron chi connectivity index (χ1n) is 9.79. The van der Waals surface area contributed by atoms with E-state index in [1.807, 2.05) is 54.6 Å². The molecule has 7 heteroatoms. The lowest BCUT2D eigenvalue weighted by Crippen LogP contribution is -2.39. The largest absolute Gasteiger partial charge is 0.492 e. The lowest BCUT2D eigenvalue weighted by atomic mass is 10.1. The summed E-state index contributed by atoms with van der Waals surface area (Å²) in [5.41, 5.74) is 0. The standard InChI is InChI=1S/C23H23NO5S/c1-17(25)29-22-14-20(16-28-21-9-3-2-4-10-21)24(15-22)30(26,27)23-12-11-18-7-5-6-8-19(18)13-23/h2-13,20,22H,14-16H2,1H3. The van der Waals surface area contributed by atoms with E-state index in [9.17, 15) is 13.2 Å². The molecular weight excluding hydrogens is 402 g/mol. The van der Waals surface area contributed by atoms with Gasteiger partial charge in [0.05, 0.1) is 17.5 Å². The van der Waals surface area contributed by atoms with E-state index < -0.39 is 28.1 Å². The highest BCUT2D eigenvalue weighted by Crippen LogP contribution is 2.30. The normalized spacial score (nSPS) is 19.6. The van der Waals surface area contributed by atoms with Crippen molar-refractivity contribution in [3.8, 4) is 5.75 Å². The molecule has 3 aromatic rings. The minimum absolute atomic E-state index is 0.109. The Kier molecular flexibility index (Phi) is 5.74. The number of carbonyl (C=O) groups excluding carboxylic acids is 1. The Bertz CT molecular complexity index is 1150. The molecule has 0 amide bonds. The van der Waals surface area contributed by atoms with Gasteiger partial charge in [0.25, 0.3) is 0 Å². The topological polar surface area (TPSA) is 72.9 Å². The summed E-state index contributed by atoms with van der Waals surface area (Å²) in [4.78, 5) is 11.7. The molecule has 1 saturated heterocycles. The summed E-state index contributed by atoms with van der Waals surface area (Å²) in [5.74, 6) is 0.240. The molecule has 2 atom stereocenters. The predicted molar refractivity (Wildman–Crippen MR) is 114 cm³/mol. The molecule has 1 aliphatic heterocycles. The Morgan fingerprint density at radius 1 is 1.00 bits per heavy atom. The number of esters is 1. The zero-order valence-electron chi connectivity index (χ0n) is 16.6. The van der Waals surface area contributed by atoms with Gasteiger partial charge in [-0.05, 0) is 35.0 Å². The quantitative estimate of drug-likeness (QED) is 0.564. The highest BCUT2D eigenvalue weighted by Gasteiger charge is 2.42. The summed E-state index contributed by atoms with van der Waals surface area (Å²) in [6.07, 6.45) is -0.110. The summed E-state index contributed by atoms with van der Waals surface area (Å²) in [6.45, 7) is 1.61. The average Bonchev–Trinajstić information content (AvgIpc) is 3.15. The monoisotopic (exact) mass is 425 g/mol. The summed E-state index contributed by atoms with van der Waals surface area (Å²) in [6, 6.07) is 21.5. The molecule has 4 rings (SSSR count). The van der Waals surface area contributed by atoms with Crippen LogP contribution in [0.25, 0.3) is 10.8 Å². The highest BCUT2D eigenvalue weighted by molar-refractivity contribution is 7.89. The van der Waals surface area contributed by atoms with E-state index in [4.69, 9.17) is 9.47 Å². The third-order valence-electron chi connectivity index (χ3n) is 5.17. The van der Waals surface area contributed by atoms with Gasteiger partial charge in [0.15, 0.2) is 0 Å². The summed E-state index contributed by atoms with van der Waals surface area (Å²) >= 11 is 0. The molecule has 0 bridgehead atoms. The minimum Gasteiger partial charge on any atom is -0.492 e. The zero-order chi connectivity index (χ0) is 21.1. The van der Waals surface area contributed by atoms with Gasteiger partial charge in [0.2, 0.25) is 10.0 Å². The van der Waals surface area contributed by atoms with E-state index in [2.05, 4.69) is 0 Å². The molecule has 1 aliphatic rings. The van der Waals surface area contributed by atoms with Crippen molar-refractivity contribution in [3.63, 3.8) is 0 Å². The number of hydrogen-bond donors (Lipinski definition) is 0. The maximum absolute atomic E-state index is 13.5. The van der Waals surface area contributed by atoms with Crippen LogP contribution in [0.4, 0.5) is 0 Å². The Hall–Kier alpha value is -2.90. The van der Waals surface area contributed by atoms with Crippen molar-refractivity contribution in [1.29, 1.82) is 0 Å². The maximum atomic E-state index is 13.5. The van der Waals surface area contributed by atoms with Crippen LogP contribution in [0.5, 0.6) is 5.75 Å². The number of rotatable bonds is 6. The van der Waals surface area contributed by atoms with E-state index in [0.717, 1.165) is 10.8 Å². The molecule has 0 N–H and O–H groups in total. The predicted octanol–water partition coefficient (Wildman–Crippen LogP) is 3.61. The molecule has 3 aromatic carbocycles. The van der Waals surface area contributed by atoms with Crippen LogP contribution in [0, 0.1) is 0 Å². The average molecular weight is 426 g/mol. The third kappa shape index (κ3) is 4.32. The molecule has 1 fully saturated rings. The molecule has 0 spiro atoms. The Morgan fingerprint density at radius 2 is 1.70 bits per heavy atom. The van der Waals surface area contributed by atoms with Crippen molar-refractivity contribution >= 4 is 26.8 Å². The summed E-state index contributed by atoms with van der Waals surface area (Å²) in [5, 5.41) is 1.83. The van der Waals surface area contributed by atoms with Gasteiger partial charge in [0, 0.05) is 13.3 Å². The Balaban J connectivity index is 1.61. The first-order valence-corrected chi connectivity index (χ1v) is 11.2. The number of para-hydroxylation sites is 1. The van der Waals surface area contributed by atoms with Crippen LogP contribution in [0.15, 0.2) is 77.7 Å². The van der Waals surface area contributed by atoms with E-state index in [1.54, 1.807) is 18.2 Å². The fourth-order valence-electron chi connectivity index (χ4n) is 3.78. The maximum Gasteiger partial charge on any atom is 0.302 e. The van der Waals surface area contributed by atoms with Crippen molar-refractivity contribution in [2.24, 2.45) is 0 Å². The molecule has 0 saturated carbocycles. The molecule has 30 heavy (non-hydrogen) atoms. The Labute approximate surface area is 176 Å². The molecule has 1 heterocycles. The number of sulfonamides is 1. The minimum atomic E-state index is -3.79. The number of nitrogens with zero attached hydrogens (tertiary/aromatic N) is 1.